The van der Waals surface area contributed by atoms with Crippen molar-refractivity contribution < 1.29 is 14.2 Å². The summed E-state index contributed by atoms with van der Waals surface area (Å²) in [6.45, 7) is 0.723. The molecule has 20 heavy (non-hydrogen) atoms. The average molecular weight is 293 g/mol. The first kappa shape index (κ1) is 13.4. The molecule has 0 fully saturated rings. The van der Waals surface area contributed by atoms with E-state index in [-0.39, 0.29) is 5.56 Å². The molecule has 0 saturated carbocycles. The van der Waals surface area contributed by atoms with Gasteiger partial charge in [-0.2, -0.15) is 0 Å². The van der Waals surface area contributed by atoms with E-state index in [4.69, 9.17) is 16.3 Å². The van der Waals surface area contributed by atoms with E-state index in [0.717, 1.165) is 30.8 Å². The maximum absolute atomic E-state index is 13.9. The average Bonchev–Trinajstić information content (AvgIpc) is 2.46. The molecule has 1 N–H and O–H groups in total. The van der Waals surface area contributed by atoms with Crippen LogP contribution in [0.5, 0.6) is 5.75 Å². The Morgan fingerprint density at radius 1 is 1.20 bits per heavy atom. The van der Waals surface area contributed by atoms with E-state index in [1.807, 2.05) is 12.1 Å². The highest BCUT2D eigenvalue weighted by Gasteiger charge is 2.18. The molecule has 1 unspecified atom stereocenters. The fourth-order valence-corrected chi connectivity index (χ4v) is 2.61. The van der Waals surface area contributed by atoms with Crippen molar-refractivity contribution in [2.45, 2.75) is 18.9 Å². The molecule has 1 aliphatic rings. The third-order valence-electron chi connectivity index (χ3n) is 3.51. The van der Waals surface area contributed by atoms with Gasteiger partial charge in [-0.15, -0.1) is 0 Å². The van der Waals surface area contributed by atoms with Crippen molar-refractivity contribution in [2.75, 3.05) is 6.61 Å². The Bertz CT molecular complexity index is 642. The number of benzene rings is 2. The number of aryl methyl sites for hydroxylation is 1. The van der Waals surface area contributed by atoms with Crippen LogP contribution in [0.2, 0.25) is 5.02 Å². The molecule has 0 aliphatic carbocycles. The molecule has 0 saturated heterocycles. The first-order valence-electron chi connectivity index (χ1n) is 6.54. The monoisotopic (exact) mass is 292 g/mol. The Labute approximate surface area is 121 Å². The second kappa shape index (κ2) is 5.43. The Morgan fingerprint density at radius 3 is 2.85 bits per heavy atom. The smallest absolute Gasteiger partial charge is 0.130 e. The molecule has 3 rings (SSSR count). The van der Waals surface area contributed by atoms with Crippen molar-refractivity contribution in [3.8, 4) is 5.75 Å². The molecule has 2 aromatic carbocycles. The van der Waals surface area contributed by atoms with Gasteiger partial charge < -0.3 is 9.84 Å². The van der Waals surface area contributed by atoms with E-state index in [1.54, 1.807) is 12.1 Å². The number of aliphatic hydroxyl groups excluding tert-OH is 1. The Hall–Kier alpha value is -1.58. The highest BCUT2D eigenvalue weighted by atomic mass is 35.5. The van der Waals surface area contributed by atoms with Gasteiger partial charge in [0.15, 0.2) is 0 Å². The second-order valence-electron chi connectivity index (χ2n) is 4.89. The Morgan fingerprint density at radius 2 is 2.05 bits per heavy atom. The van der Waals surface area contributed by atoms with Crippen molar-refractivity contribution in [1.29, 1.82) is 0 Å². The number of ether oxygens (including phenoxy) is 1. The lowest BCUT2D eigenvalue weighted by Crippen LogP contribution is -2.10. The number of fused-ring (bicyclic) bond motifs is 1. The molecule has 4 heteroatoms. The zero-order valence-corrected chi connectivity index (χ0v) is 11.5. The third kappa shape index (κ3) is 2.51. The standard InChI is InChI=1S/C16H14ClFO2/c17-12-4-5-13(14(18)9-12)16(19)11-3-6-15-10(8-11)2-1-7-20-15/h3-6,8-9,16,19H,1-2,7H2. The molecular weight excluding hydrogens is 279 g/mol. The summed E-state index contributed by atoms with van der Waals surface area (Å²) in [5.74, 6) is 0.350. The van der Waals surface area contributed by atoms with Crippen LogP contribution in [0.25, 0.3) is 0 Å². The first-order valence-corrected chi connectivity index (χ1v) is 6.91. The van der Waals surface area contributed by atoms with Crippen molar-refractivity contribution in [3.05, 3.63) is 63.9 Å². The number of rotatable bonds is 2. The van der Waals surface area contributed by atoms with Crippen LogP contribution in [0.1, 0.15) is 29.2 Å². The minimum absolute atomic E-state index is 0.228. The molecule has 1 atom stereocenters. The Kier molecular flexibility index (Phi) is 3.64. The topological polar surface area (TPSA) is 29.5 Å². The molecule has 2 nitrogen and oxygen atoms in total. The zero-order chi connectivity index (χ0) is 14.1. The molecule has 1 aliphatic heterocycles. The van der Waals surface area contributed by atoms with Gasteiger partial charge in [-0.25, -0.2) is 4.39 Å². The lowest BCUT2D eigenvalue weighted by atomic mass is 9.96. The minimum atomic E-state index is -1.00. The van der Waals surface area contributed by atoms with Crippen molar-refractivity contribution in [2.24, 2.45) is 0 Å². The predicted molar refractivity (Wildman–Crippen MR) is 75.7 cm³/mol. The minimum Gasteiger partial charge on any atom is -0.493 e. The van der Waals surface area contributed by atoms with Gasteiger partial charge in [-0.3, -0.25) is 0 Å². The highest BCUT2D eigenvalue weighted by Crippen LogP contribution is 2.31. The molecular formula is C16H14ClFO2. The van der Waals surface area contributed by atoms with Crippen molar-refractivity contribution in [1.82, 2.24) is 0 Å². The van der Waals surface area contributed by atoms with Gasteiger partial charge in [-0.1, -0.05) is 23.7 Å². The van der Waals surface area contributed by atoms with Gasteiger partial charge >= 0.3 is 0 Å². The SMILES string of the molecule is OC(c1ccc2c(c1)CCCO2)c1ccc(Cl)cc1F. The second-order valence-corrected chi connectivity index (χ2v) is 5.32. The summed E-state index contributed by atoms with van der Waals surface area (Å²) >= 11 is 5.72. The van der Waals surface area contributed by atoms with Crippen LogP contribution in [-0.2, 0) is 6.42 Å². The van der Waals surface area contributed by atoms with Gasteiger partial charge in [0.1, 0.15) is 17.7 Å². The van der Waals surface area contributed by atoms with E-state index in [9.17, 15) is 9.50 Å². The third-order valence-corrected chi connectivity index (χ3v) is 3.74. The van der Waals surface area contributed by atoms with Crippen LogP contribution in [0, 0.1) is 5.82 Å². The van der Waals surface area contributed by atoms with Gasteiger partial charge in [0, 0.05) is 10.6 Å². The molecule has 0 bridgehead atoms. The maximum atomic E-state index is 13.9. The first-order chi connectivity index (χ1) is 9.65. The summed E-state index contributed by atoms with van der Waals surface area (Å²) in [4.78, 5) is 0. The summed E-state index contributed by atoms with van der Waals surface area (Å²) in [5.41, 5.74) is 1.95. The lowest BCUT2D eigenvalue weighted by molar-refractivity contribution is 0.214. The molecule has 0 radical (unpaired) electrons. The van der Waals surface area contributed by atoms with Crippen LogP contribution in [-0.4, -0.2) is 11.7 Å². The fraction of sp³-hybridized carbons (Fsp3) is 0.250. The van der Waals surface area contributed by atoms with E-state index < -0.39 is 11.9 Å². The van der Waals surface area contributed by atoms with E-state index >= 15 is 0 Å². The van der Waals surface area contributed by atoms with Crippen LogP contribution >= 0.6 is 11.6 Å². The zero-order valence-electron chi connectivity index (χ0n) is 10.8. The van der Waals surface area contributed by atoms with Crippen LogP contribution in [0.3, 0.4) is 0 Å². The summed E-state index contributed by atoms with van der Waals surface area (Å²) in [6, 6.07) is 9.78. The Balaban J connectivity index is 1.95. The summed E-state index contributed by atoms with van der Waals surface area (Å²) in [5, 5.41) is 10.7. The number of halogens is 2. The quantitative estimate of drug-likeness (QED) is 0.910. The molecule has 1 heterocycles. The fourth-order valence-electron chi connectivity index (χ4n) is 2.45. The van der Waals surface area contributed by atoms with Crippen LogP contribution < -0.4 is 4.74 Å². The van der Waals surface area contributed by atoms with Gasteiger partial charge in [0.05, 0.1) is 6.61 Å². The van der Waals surface area contributed by atoms with Crippen LogP contribution in [0.15, 0.2) is 36.4 Å². The van der Waals surface area contributed by atoms with Gasteiger partial charge in [0.2, 0.25) is 0 Å². The molecule has 104 valence electrons. The lowest BCUT2D eigenvalue weighted by Gasteiger charge is -2.20. The van der Waals surface area contributed by atoms with E-state index in [1.165, 1.54) is 12.1 Å². The van der Waals surface area contributed by atoms with Crippen molar-refractivity contribution >= 4 is 11.6 Å². The van der Waals surface area contributed by atoms with Gasteiger partial charge in [0.25, 0.3) is 0 Å². The maximum Gasteiger partial charge on any atom is 0.130 e. The molecule has 0 spiro atoms. The summed E-state index contributed by atoms with van der Waals surface area (Å²) < 4.78 is 19.4. The summed E-state index contributed by atoms with van der Waals surface area (Å²) in [6.07, 6.45) is 0.875. The van der Waals surface area contributed by atoms with E-state index in [2.05, 4.69) is 0 Å². The summed E-state index contributed by atoms with van der Waals surface area (Å²) in [7, 11) is 0. The highest BCUT2D eigenvalue weighted by molar-refractivity contribution is 6.30. The number of aliphatic hydroxyl groups is 1. The van der Waals surface area contributed by atoms with E-state index in [0.29, 0.717) is 10.6 Å². The molecule has 2 aromatic rings. The number of hydrogen-bond acceptors (Lipinski definition) is 2. The number of hydrogen-bond donors (Lipinski definition) is 1. The van der Waals surface area contributed by atoms with Gasteiger partial charge in [-0.05, 0) is 48.2 Å². The molecule has 0 amide bonds. The van der Waals surface area contributed by atoms with Crippen molar-refractivity contribution in [3.63, 3.8) is 0 Å². The molecule has 0 aromatic heterocycles. The predicted octanol–water partition coefficient (Wildman–Crippen LogP) is 3.89. The van der Waals surface area contributed by atoms with Crippen LogP contribution in [0.4, 0.5) is 4.39 Å². The normalized spacial score (nSPS) is 15.3. The largest absolute Gasteiger partial charge is 0.493 e.